The SMILES string of the molecule is Cc1ccc(NC(=O)Cn2cc(-c3ccc4c(NC(=O)C(C)C)n[nH]c4c3)cn2)cc1C(F)(F)F. The van der Waals surface area contributed by atoms with Gasteiger partial charge in [0.05, 0.1) is 17.3 Å². The number of aryl methyl sites for hydroxylation is 1. The summed E-state index contributed by atoms with van der Waals surface area (Å²) in [6, 6.07) is 9.17. The van der Waals surface area contributed by atoms with E-state index in [1.165, 1.54) is 23.7 Å². The Hall–Kier alpha value is -4.15. The largest absolute Gasteiger partial charge is 0.416 e. The number of H-pyrrole nitrogens is 1. The van der Waals surface area contributed by atoms with Gasteiger partial charge in [0, 0.05) is 28.8 Å². The number of anilines is 2. The van der Waals surface area contributed by atoms with E-state index in [9.17, 15) is 22.8 Å². The lowest BCUT2D eigenvalue weighted by Crippen LogP contribution is -2.19. The van der Waals surface area contributed by atoms with Crippen LogP contribution in [0, 0.1) is 12.8 Å². The molecule has 0 atom stereocenters. The van der Waals surface area contributed by atoms with Crippen LogP contribution in [0.15, 0.2) is 48.8 Å². The van der Waals surface area contributed by atoms with E-state index in [2.05, 4.69) is 25.9 Å². The molecule has 4 aromatic rings. The second kappa shape index (κ2) is 9.24. The predicted molar refractivity (Wildman–Crippen MR) is 126 cm³/mol. The van der Waals surface area contributed by atoms with Crippen molar-refractivity contribution in [3.05, 3.63) is 59.9 Å². The molecule has 0 aliphatic heterocycles. The third kappa shape index (κ3) is 5.34. The highest BCUT2D eigenvalue weighted by molar-refractivity contribution is 6.01. The summed E-state index contributed by atoms with van der Waals surface area (Å²) in [7, 11) is 0. The lowest BCUT2D eigenvalue weighted by Gasteiger charge is -2.12. The van der Waals surface area contributed by atoms with Gasteiger partial charge in [-0.05, 0) is 42.3 Å². The van der Waals surface area contributed by atoms with Gasteiger partial charge in [-0.25, -0.2) is 0 Å². The first kappa shape index (κ1) is 24.0. The number of benzene rings is 2. The summed E-state index contributed by atoms with van der Waals surface area (Å²) in [4.78, 5) is 24.4. The smallest absolute Gasteiger partial charge is 0.324 e. The van der Waals surface area contributed by atoms with E-state index in [1.54, 1.807) is 26.2 Å². The van der Waals surface area contributed by atoms with Crippen molar-refractivity contribution in [3.63, 3.8) is 0 Å². The molecule has 0 unspecified atom stereocenters. The number of carbonyl (C=O) groups excluding carboxylic acids is 2. The number of nitrogens with zero attached hydrogens (tertiary/aromatic N) is 3. The Morgan fingerprint density at radius 1 is 1.09 bits per heavy atom. The quantitative estimate of drug-likeness (QED) is 0.359. The van der Waals surface area contributed by atoms with Crippen LogP contribution in [-0.4, -0.2) is 31.8 Å². The van der Waals surface area contributed by atoms with Crippen molar-refractivity contribution in [2.45, 2.75) is 33.5 Å². The number of alkyl halides is 3. The van der Waals surface area contributed by atoms with E-state index < -0.39 is 17.6 Å². The molecular formula is C24H23F3N6O2. The number of hydrogen-bond acceptors (Lipinski definition) is 4. The summed E-state index contributed by atoms with van der Waals surface area (Å²) in [6.45, 7) is 4.78. The fourth-order valence-electron chi connectivity index (χ4n) is 3.51. The second-order valence-corrected chi connectivity index (χ2v) is 8.48. The first-order chi connectivity index (χ1) is 16.5. The number of carbonyl (C=O) groups is 2. The van der Waals surface area contributed by atoms with Gasteiger partial charge in [0.2, 0.25) is 11.8 Å². The normalized spacial score (nSPS) is 11.7. The van der Waals surface area contributed by atoms with Gasteiger partial charge in [-0.1, -0.05) is 26.0 Å². The Labute approximate surface area is 198 Å². The molecule has 2 amide bonds. The molecule has 0 spiro atoms. The zero-order valence-electron chi connectivity index (χ0n) is 19.2. The van der Waals surface area contributed by atoms with Crippen LogP contribution in [0.5, 0.6) is 0 Å². The molecule has 0 bridgehead atoms. The number of hydrogen-bond donors (Lipinski definition) is 3. The summed E-state index contributed by atoms with van der Waals surface area (Å²) in [6.07, 6.45) is -1.26. The number of halogens is 3. The van der Waals surface area contributed by atoms with Crippen LogP contribution < -0.4 is 10.6 Å². The summed E-state index contributed by atoms with van der Waals surface area (Å²) < 4.78 is 40.7. The zero-order valence-corrected chi connectivity index (χ0v) is 19.2. The van der Waals surface area contributed by atoms with Gasteiger partial charge < -0.3 is 10.6 Å². The zero-order chi connectivity index (χ0) is 25.3. The summed E-state index contributed by atoms with van der Waals surface area (Å²) in [5.74, 6) is -0.377. The average Bonchev–Trinajstić information content (AvgIpc) is 3.41. The van der Waals surface area contributed by atoms with Crippen LogP contribution in [-0.2, 0) is 22.3 Å². The minimum absolute atomic E-state index is 0.0605. The van der Waals surface area contributed by atoms with Crippen molar-refractivity contribution in [2.75, 3.05) is 10.6 Å². The fraction of sp³-hybridized carbons (Fsp3) is 0.250. The molecule has 182 valence electrons. The third-order valence-electron chi connectivity index (χ3n) is 5.43. The molecule has 4 rings (SSSR count). The van der Waals surface area contributed by atoms with Crippen molar-refractivity contribution in [1.82, 2.24) is 20.0 Å². The maximum absolute atomic E-state index is 13.1. The van der Waals surface area contributed by atoms with Gasteiger partial charge in [-0.3, -0.25) is 19.4 Å². The van der Waals surface area contributed by atoms with Crippen molar-refractivity contribution < 1.29 is 22.8 Å². The van der Waals surface area contributed by atoms with Crippen molar-refractivity contribution >= 4 is 34.2 Å². The van der Waals surface area contributed by atoms with E-state index in [-0.39, 0.29) is 29.6 Å². The Morgan fingerprint density at radius 3 is 2.57 bits per heavy atom. The Bertz CT molecular complexity index is 1400. The second-order valence-electron chi connectivity index (χ2n) is 8.48. The van der Waals surface area contributed by atoms with Gasteiger partial charge in [0.1, 0.15) is 6.54 Å². The highest BCUT2D eigenvalue weighted by Crippen LogP contribution is 2.33. The maximum Gasteiger partial charge on any atom is 0.416 e. The molecule has 35 heavy (non-hydrogen) atoms. The van der Waals surface area contributed by atoms with Crippen LogP contribution in [0.3, 0.4) is 0 Å². The predicted octanol–water partition coefficient (Wildman–Crippen LogP) is 4.99. The Morgan fingerprint density at radius 2 is 1.86 bits per heavy atom. The molecule has 11 heteroatoms. The molecule has 0 saturated carbocycles. The molecule has 2 heterocycles. The van der Waals surface area contributed by atoms with Gasteiger partial charge in [-0.15, -0.1) is 0 Å². The molecular weight excluding hydrogens is 461 g/mol. The lowest BCUT2D eigenvalue weighted by atomic mass is 10.1. The van der Waals surface area contributed by atoms with Crippen LogP contribution >= 0.6 is 0 Å². The first-order valence-corrected chi connectivity index (χ1v) is 10.8. The van der Waals surface area contributed by atoms with Crippen molar-refractivity contribution in [1.29, 1.82) is 0 Å². The molecule has 0 fully saturated rings. The van der Waals surface area contributed by atoms with E-state index in [4.69, 9.17) is 0 Å². The third-order valence-corrected chi connectivity index (χ3v) is 5.43. The van der Waals surface area contributed by atoms with Crippen LogP contribution in [0.1, 0.15) is 25.0 Å². The van der Waals surface area contributed by atoms with Gasteiger partial charge >= 0.3 is 6.18 Å². The minimum Gasteiger partial charge on any atom is -0.324 e. The van der Waals surface area contributed by atoms with Crippen molar-refractivity contribution in [3.8, 4) is 11.1 Å². The van der Waals surface area contributed by atoms with E-state index in [0.717, 1.165) is 22.6 Å². The molecule has 0 aliphatic rings. The van der Waals surface area contributed by atoms with E-state index in [1.807, 2.05) is 18.2 Å². The topological polar surface area (TPSA) is 105 Å². The van der Waals surface area contributed by atoms with Crippen LogP contribution in [0.2, 0.25) is 0 Å². The minimum atomic E-state index is -4.50. The molecule has 8 nitrogen and oxygen atoms in total. The van der Waals surface area contributed by atoms with E-state index in [0.29, 0.717) is 11.3 Å². The van der Waals surface area contributed by atoms with E-state index >= 15 is 0 Å². The van der Waals surface area contributed by atoms with Crippen LogP contribution in [0.25, 0.3) is 22.0 Å². The molecule has 0 radical (unpaired) electrons. The lowest BCUT2D eigenvalue weighted by molar-refractivity contribution is -0.138. The van der Waals surface area contributed by atoms with Crippen molar-refractivity contribution in [2.24, 2.45) is 5.92 Å². The summed E-state index contributed by atoms with van der Waals surface area (Å²) in [5, 5.41) is 17.3. The first-order valence-electron chi connectivity index (χ1n) is 10.8. The number of amides is 2. The highest BCUT2D eigenvalue weighted by atomic mass is 19.4. The molecule has 2 aromatic carbocycles. The number of fused-ring (bicyclic) bond motifs is 1. The standard InChI is InChI=1S/C24H23F3N6O2/c1-13(2)23(35)30-22-18-7-5-15(8-20(18)31-32-22)16-10-28-33(11-16)12-21(34)29-17-6-4-14(3)19(9-17)24(25,26)27/h4-11,13H,12H2,1-3H3,(H,29,34)(H2,30,31,32,35). The number of aromatic amines is 1. The maximum atomic E-state index is 13.1. The molecule has 3 N–H and O–H groups in total. The Balaban J connectivity index is 1.46. The number of nitrogens with one attached hydrogen (secondary N) is 3. The highest BCUT2D eigenvalue weighted by Gasteiger charge is 2.32. The molecule has 2 aromatic heterocycles. The van der Waals surface area contributed by atoms with Gasteiger partial charge in [-0.2, -0.15) is 23.4 Å². The summed E-state index contributed by atoms with van der Waals surface area (Å²) >= 11 is 0. The number of aromatic nitrogens is 4. The monoisotopic (exact) mass is 484 g/mol. The average molecular weight is 484 g/mol. The van der Waals surface area contributed by atoms with Crippen LogP contribution in [0.4, 0.5) is 24.7 Å². The van der Waals surface area contributed by atoms with Gasteiger partial charge in [0.25, 0.3) is 0 Å². The fourth-order valence-corrected chi connectivity index (χ4v) is 3.51. The molecule has 0 saturated heterocycles. The number of rotatable bonds is 6. The summed E-state index contributed by atoms with van der Waals surface area (Å²) in [5.41, 5.74) is 1.60. The molecule has 0 aliphatic carbocycles. The Kier molecular flexibility index (Phi) is 6.33. The van der Waals surface area contributed by atoms with Gasteiger partial charge in [0.15, 0.2) is 5.82 Å².